The van der Waals surface area contributed by atoms with E-state index < -0.39 is 18.2 Å². The number of aliphatic hydroxyl groups is 3. The predicted molar refractivity (Wildman–Crippen MR) is 162 cm³/mol. The number of nitrogens with one attached hydrogen (secondary N) is 1. The van der Waals surface area contributed by atoms with Crippen LogP contribution >= 0.6 is 0 Å². The van der Waals surface area contributed by atoms with Gasteiger partial charge in [0.2, 0.25) is 5.91 Å². The van der Waals surface area contributed by atoms with Gasteiger partial charge in [-0.2, -0.15) is 0 Å². The van der Waals surface area contributed by atoms with Crippen LogP contribution in [-0.2, 0) is 4.79 Å². The van der Waals surface area contributed by atoms with Gasteiger partial charge in [0, 0.05) is 0 Å². The van der Waals surface area contributed by atoms with E-state index in [4.69, 9.17) is 0 Å². The monoisotopic (exact) mass is 535 g/mol. The van der Waals surface area contributed by atoms with Crippen LogP contribution in [0.15, 0.2) is 36.5 Å². The van der Waals surface area contributed by atoms with Gasteiger partial charge in [-0.1, -0.05) is 133 Å². The molecule has 0 heterocycles. The number of hydrogen-bond acceptors (Lipinski definition) is 4. The van der Waals surface area contributed by atoms with Crippen LogP contribution < -0.4 is 5.32 Å². The predicted octanol–water partition coefficient (Wildman–Crippen LogP) is 7.70. The molecule has 3 atom stereocenters. The molecule has 5 heteroatoms. The van der Waals surface area contributed by atoms with E-state index >= 15 is 0 Å². The van der Waals surface area contributed by atoms with Gasteiger partial charge < -0.3 is 20.6 Å². The van der Waals surface area contributed by atoms with Crippen LogP contribution in [-0.4, -0.2) is 46.1 Å². The van der Waals surface area contributed by atoms with Crippen molar-refractivity contribution in [3.63, 3.8) is 0 Å². The molecule has 0 radical (unpaired) electrons. The lowest BCUT2D eigenvalue weighted by Crippen LogP contribution is -2.45. The fourth-order valence-electron chi connectivity index (χ4n) is 4.55. The van der Waals surface area contributed by atoms with Gasteiger partial charge in [0.25, 0.3) is 0 Å². The van der Waals surface area contributed by atoms with Crippen LogP contribution in [0, 0.1) is 0 Å². The van der Waals surface area contributed by atoms with E-state index in [9.17, 15) is 20.1 Å². The summed E-state index contributed by atoms with van der Waals surface area (Å²) in [5.41, 5.74) is 0. The average Bonchev–Trinajstić information content (AvgIpc) is 2.90. The number of hydrogen-bond donors (Lipinski definition) is 4. The van der Waals surface area contributed by atoms with E-state index in [0.29, 0.717) is 6.42 Å². The van der Waals surface area contributed by atoms with Crippen LogP contribution in [0.3, 0.4) is 0 Å². The first-order valence-electron chi connectivity index (χ1n) is 15.7. The summed E-state index contributed by atoms with van der Waals surface area (Å²) in [5.74, 6) is -0.335. The zero-order valence-electron chi connectivity index (χ0n) is 24.8. The third kappa shape index (κ3) is 24.9. The summed E-state index contributed by atoms with van der Waals surface area (Å²) >= 11 is 0. The summed E-state index contributed by atoms with van der Waals surface area (Å²) in [5, 5.41) is 32.7. The molecule has 0 aliphatic carbocycles. The fourth-order valence-corrected chi connectivity index (χ4v) is 4.55. The summed E-state index contributed by atoms with van der Waals surface area (Å²) in [7, 11) is 0. The highest BCUT2D eigenvalue weighted by Crippen LogP contribution is 2.14. The quantitative estimate of drug-likeness (QED) is 0.0641. The highest BCUT2D eigenvalue weighted by atomic mass is 16.3. The molecule has 0 spiro atoms. The van der Waals surface area contributed by atoms with Crippen molar-refractivity contribution in [1.82, 2.24) is 5.32 Å². The minimum Gasteiger partial charge on any atom is -0.394 e. The number of carbonyl (C=O) groups excluding carboxylic acids is 1. The molecule has 0 saturated heterocycles. The number of allylic oxidation sites excluding steroid dienone is 5. The van der Waals surface area contributed by atoms with Gasteiger partial charge in [-0.05, 0) is 39.0 Å². The molecule has 0 aromatic heterocycles. The molecule has 222 valence electrons. The lowest BCUT2D eigenvalue weighted by atomic mass is 10.0. The van der Waals surface area contributed by atoms with Crippen molar-refractivity contribution in [3.05, 3.63) is 36.5 Å². The van der Waals surface area contributed by atoms with Crippen molar-refractivity contribution >= 4 is 5.91 Å². The fraction of sp³-hybridized carbons (Fsp3) is 0.788. The number of rotatable bonds is 27. The molecule has 0 aliphatic heterocycles. The summed E-state index contributed by atoms with van der Waals surface area (Å²) in [6.45, 7) is 3.93. The second-order valence-corrected chi connectivity index (χ2v) is 10.7. The average molecular weight is 536 g/mol. The number of aliphatic hydroxyl groups excluding tert-OH is 3. The minimum atomic E-state index is -0.953. The zero-order valence-corrected chi connectivity index (χ0v) is 24.8. The Morgan fingerprint density at radius 2 is 1.18 bits per heavy atom. The minimum absolute atomic E-state index is 0.00337. The van der Waals surface area contributed by atoms with Gasteiger partial charge in [0.1, 0.15) is 0 Å². The topological polar surface area (TPSA) is 89.8 Å². The van der Waals surface area contributed by atoms with Gasteiger partial charge in [0.15, 0.2) is 0 Å². The zero-order chi connectivity index (χ0) is 28.1. The van der Waals surface area contributed by atoms with Crippen LogP contribution in [0.25, 0.3) is 0 Å². The van der Waals surface area contributed by atoms with Gasteiger partial charge in [-0.3, -0.25) is 4.79 Å². The van der Waals surface area contributed by atoms with E-state index in [0.717, 1.165) is 38.5 Å². The van der Waals surface area contributed by atoms with Crippen molar-refractivity contribution in [2.45, 2.75) is 161 Å². The number of amides is 1. The summed E-state index contributed by atoms with van der Waals surface area (Å²) in [6.07, 6.45) is 32.8. The van der Waals surface area contributed by atoms with Crippen LogP contribution in [0.5, 0.6) is 0 Å². The number of unbranched alkanes of at least 4 members (excludes halogenated alkanes) is 15. The van der Waals surface area contributed by atoms with Crippen molar-refractivity contribution in [2.24, 2.45) is 0 Å². The normalized spacial score (nSPS) is 14.6. The van der Waals surface area contributed by atoms with Crippen molar-refractivity contribution in [3.8, 4) is 0 Å². The first-order chi connectivity index (χ1) is 18.5. The molecule has 0 bridgehead atoms. The third-order valence-corrected chi connectivity index (χ3v) is 7.00. The van der Waals surface area contributed by atoms with Gasteiger partial charge in [-0.25, -0.2) is 0 Å². The molecule has 0 rings (SSSR count). The van der Waals surface area contributed by atoms with E-state index in [1.807, 2.05) is 13.0 Å². The highest BCUT2D eigenvalue weighted by Gasteiger charge is 2.20. The standard InChI is InChI=1S/C33H61NO4/c1-3-5-7-9-11-13-14-15-16-17-19-20-22-24-26-30(36)28-33(38)34-31(29-35)32(37)27-25-23-21-18-12-10-8-6-4-2/h4,6,12,18,25,27,30-32,35-37H,3,5,7-11,13-17,19-24,26,28-29H2,1-2H3,(H,34,38)/b6-4+,18-12+,27-25+. The van der Waals surface area contributed by atoms with E-state index in [2.05, 4.69) is 36.5 Å². The van der Waals surface area contributed by atoms with Crippen molar-refractivity contribution in [1.29, 1.82) is 0 Å². The second-order valence-electron chi connectivity index (χ2n) is 10.7. The van der Waals surface area contributed by atoms with Crippen LogP contribution in [0.1, 0.15) is 142 Å². The first kappa shape index (κ1) is 36.6. The molecule has 4 N–H and O–H groups in total. The molecule has 0 fully saturated rings. The molecule has 0 aromatic rings. The first-order valence-corrected chi connectivity index (χ1v) is 15.7. The Morgan fingerprint density at radius 1 is 0.711 bits per heavy atom. The maximum absolute atomic E-state index is 12.3. The Hall–Kier alpha value is -1.43. The van der Waals surface area contributed by atoms with Crippen LogP contribution in [0.4, 0.5) is 0 Å². The SMILES string of the molecule is C/C=C/CC/C=C/CC/C=C/C(O)C(CO)NC(=O)CC(O)CCCCCCCCCCCCCCCC. The summed E-state index contributed by atoms with van der Waals surface area (Å²) in [4.78, 5) is 12.3. The highest BCUT2D eigenvalue weighted by molar-refractivity contribution is 5.76. The van der Waals surface area contributed by atoms with Crippen molar-refractivity contribution < 1.29 is 20.1 Å². The van der Waals surface area contributed by atoms with Gasteiger partial charge >= 0.3 is 0 Å². The lowest BCUT2D eigenvalue weighted by Gasteiger charge is -2.21. The van der Waals surface area contributed by atoms with Gasteiger partial charge in [0.05, 0.1) is 31.3 Å². The molecule has 5 nitrogen and oxygen atoms in total. The maximum Gasteiger partial charge on any atom is 0.222 e. The second kappa shape index (κ2) is 28.6. The Bertz CT molecular complexity index is 602. The van der Waals surface area contributed by atoms with Crippen LogP contribution in [0.2, 0.25) is 0 Å². The molecule has 38 heavy (non-hydrogen) atoms. The van der Waals surface area contributed by atoms with Crippen molar-refractivity contribution in [2.75, 3.05) is 6.61 Å². The maximum atomic E-state index is 12.3. The summed E-state index contributed by atoms with van der Waals surface area (Å²) < 4.78 is 0. The molecule has 3 unspecified atom stereocenters. The Kier molecular flexibility index (Phi) is 27.5. The molecule has 1 amide bonds. The molecule has 0 aromatic carbocycles. The Balaban J connectivity index is 3.79. The van der Waals surface area contributed by atoms with E-state index in [-0.39, 0.29) is 18.9 Å². The third-order valence-electron chi connectivity index (χ3n) is 7.00. The van der Waals surface area contributed by atoms with Gasteiger partial charge in [-0.15, -0.1) is 0 Å². The van der Waals surface area contributed by atoms with E-state index in [1.165, 1.54) is 77.0 Å². The Morgan fingerprint density at radius 3 is 1.68 bits per heavy atom. The largest absolute Gasteiger partial charge is 0.394 e. The molecule has 0 saturated carbocycles. The van der Waals surface area contributed by atoms with E-state index in [1.54, 1.807) is 6.08 Å². The Labute approximate surface area is 234 Å². The molecule has 0 aliphatic rings. The molecular formula is C33H61NO4. The summed E-state index contributed by atoms with van der Waals surface area (Å²) in [6, 6.07) is -0.761. The molecular weight excluding hydrogens is 474 g/mol. The number of carbonyl (C=O) groups is 1. The lowest BCUT2D eigenvalue weighted by molar-refractivity contribution is -0.124. The smallest absolute Gasteiger partial charge is 0.222 e.